The van der Waals surface area contributed by atoms with E-state index in [1.807, 2.05) is 37.3 Å². The molecule has 0 atom stereocenters. The fraction of sp³-hybridized carbons (Fsp3) is 0.188. The SMILES string of the molecule is C=C/C=C/C(C)=C/C(=O)Nc1ccc(CC)cc1. The Morgan fingerprint density at radius 3 is 2.56 bits per heavy atom. The number of rotatable bonds is 5. The Kier molecular flexibility index (Phi) is 5.65. The summed E-state index contributed by atoms with van der Waals surface area (Å²) in [7, 11) is 0. The van der Waals surface area contributed by atoms with E-state index in [1.54, 1.807) is 18.2 Å². The van der Waals surface area contributed by atoms with Crippen LogP contribution in [0.15, 0.2) is 60.7 Å². The molecule has 2 nitrogen and oxygen atoms in total. The second kappa shape index (κ2) is 7.28. The molecular weight excluding hydrogens is 222 g/mol. The number of carbonyl (C=O) groups is 1. The summed E-state index contributed by atoms with van der Waals surface area (Å²) < 4.78 is 0. The first kappa shape index (κ1) is 14.0. The Bertz CT molecular complexity index is 466. The molecule has 1 amide bonds. The molecule has 0 unspecified atom stereocenters. The van der Waals surface area contributed by atoms with Crippen molar-refractivity contribution in [3.63, 3.8) is 0 Å². The Hall–Kier alpha value is -2.09. The highest BCUT2D eigenvalue weighted by molar-refractivity contribution is 5.99. The van der Waals surface area contributed by atoms with Crippen molar-refractivity contribution < 1.29 is 4.79 Å². The summed E-state index contributed by atoms with van der Waals surface area (Å²) in [5.74, 6) is -0.120. The summed E-state index contributed by atoms with van der Waals surface area (Å²) in [4.78, 5) is 11.7. The lowest BCUT2D eigenvalue weighted by Crippen LogP contribution is -2.08. The molecule has 0 radical (unpaired) electrons. The molecule has 0 fully saturated rings. The van der Waals surface area contributed by atoms with E-state index in [0.29, 0.717) is 0 Å². The summed E-state index contributed by atoms with van der Waals surface area (Å²) in [5.41, 5.74) is 2.96. The average molecular weight is 241 g/mol. The lowest BCUT2D eigenvalue weighted by molar-refractivity contribution is -0.111. The molecule has 0 aromatic heterocycles. The van der Waals surface area contributed by atoms with E-state index in [9.17, 15) is 4.79 Å². The molecule has 18 heavy (non-hydrogen) atoms. The molecule has 0 aliphatic rings. The zero-order valence-electron chi connectivity index (χ0n) is 10.9. The van der Waals surface area contributed by atoms with Crippen LogP contribution in [0.2, 0.25) is 0 Å². The van der Waals surface area contributed by atoms with Gasteiger partial charge in [0.05, 0.1) is 0 Å². The lowest BCUT2D eigenvalue weighted by atomic mass is 10.1. The Morgan fingerprint density at radius 2 is 2.00 bits per heavy atom. The first-order valence-electron chi connectivity index (χ1n) is 6.03. The quantitative estimate of drug-likeness (QED) is 0.615. The largest absolute Gasteiger partial charge is 0.323 e. The molecule has 1 N–H and O–H groups in total. The van der Waals surface area contributed by atoms with E-state index in [4.69, 9.17) is 0 Å². The topological polar surface area (TPSA) is 29.1 Å². The highest BCUT2D eigenvalue weighted by Crippen LogP contribution is 2.10. The minimum Gasteiger partial charge on any atom is -0.323 e. The second-order valence-electron chi connectivity index (χ2n) is 4.02. The monoisotopic (exact) mass is 241 g/mol. The molecule has 2 heteroatoms. The summed E-state index contributed by atoms with van der Waals surface area (Å²) in [6.45, 7) is 7.56. The van der Waals surface area contributed by atoms with Crippen molar-refractivity contribution >= 4 is 11.6 Å². The van der Waals surface area contributed by atoms with Crippen LogP contribution in [0.4, 0.5) is 5.69 Å². The number of benzene rings is 1. The first-order chi connectivity index (χ1) is 8.65. The average Bonchev–Trinajstić information content (AvgIpc) is 2.37. The maximum absolute atomic E-state index is 11.7. The third-order valence-electron chi connectivity index (χ3n) is 2.48. The van der Waals surface area contributed by atoms with Gasteiger partial charge in [-0.3, -0.25) is 4.79 Å². The van der Waals surface area contributed by atoms with Gasteiger partial charge < -0.3 is 5.32 Å². The zero-order chi connectivity index (χ0) is 13.4. The maximum atomic E-state index is 11.7. The van der Waals surface area contributed by atoms with Crippen molar-refractivity contribution in [2.75, 3.05) is 5.32 Å². The minimum atomic E-state index is -0.120. The zero-order valence-corrected chi connectivity index (χ0v) is 10.9. The van der Waals surface area contributed by atoms with E-state index in [0.717, 1.165) is 17.7 Å². The van der Waals surface area contributed by atoms with Crippen LogP contribution >= 0.6 is 0 Å². The van der Waals surface area contributed by atoms with Gasteiger partial charge in [-0.25, -0.2) is 0 Å². The number of hydrogen-bond acceptors (Lipinski definition) is 1. The van der Waals surface area contributed by atoms with Crippen LogP contribution < -0.4 is 5.32 Å². The molecule has 0 bridgehead atoms. The van der Waals surface area contributed by atoms with Crippen LogP contribution in [0.5, 0.6) is 0 Å². The van der Waals surface area contributed by atoms with Gasteiger partial charge in [0, 0.05) is 11.8 Å². The van der Waals surface area contributed by atoms with Crippen molar-refractivity contribution in [2.45, 2.75) is 20.3 Å². The molecule has 0 saturated carbocycles. The Labute approximate surface area is 109 Å². The molecule has 1 rings (SSSR count). The number of nitrogens with one attached hydrogen (secondary N) is 1. The lowest BCUT2D eigenvalue weighted by Gasteiger charge is -2.03. The highest BCUT2D eigenvalue weighted by Gasteiger charge is 1.98. The summed E-state index contributed by atoms with van der Waals surface area (Å²) in [6, 6.07) is 7.87. The van der Waals surface area contributed by atoms with Gasteiger partial charge in [-0.1, -0.05) is 43.9 Å². The second-order valence-corrected chi connectivity index (χ2v) is 4.02. The number of aryl methyl sites for hydroxylation is 1. The fourth-order valence-corrected chi connectivity index (χ4v) is 1.48. The fourth-order valence-electron chi connectivity index (χ4n) is 1.48. The number of carbonyl (C=O) groups excluding carboxylic acids is 1. The van der Waals surface area contributed by atoms with Gasteiger partial charge in [0.2, 0.25) is 5.91 Å². The van der Waals surface area contributed by atoms with Crippen LogP contribution in [0.25, 0.3) is 0 Å². The van der Waals surface area contributed by atoms with Crippen molar-refractivity contribution in [1.82, 2.24) is 0 Å². The van der Waals surface area contributed by atoms with Gasteiger partial charge in [0.15, 0.2) is 0 Å². The van der Waals surface area contributed by atoms with Gasteiger partial charge in [-0.05, 0) is 36.6 Å². The standard InChI is InChI=1S/C16H19NO/c1-4-6-7-13(3)12-16(18)17-15-10-8-14(5-2)9-11-15/h4,6-12H,1,5H2,2-3H3,(H,17,18)/b7-6+,13-12+. The number of anilines is 1. The Balaban J connectivity index is 2.63. The highest BCUT2D eigenvalue weighted by atomic mass is 16.1. The molecule has 1 aromatic rings. The van der Waals surface area contributed by atoms with Crippen LogP contribution in [-0.2, 0) is 11.2 Å². The smallest absolute Gasteiger partial charge is 0.248 e. The molecule has 1 aromatic carbocycles. The molecular formula is C16H19NO. The third kappa shape index (κ3) is 4.83. The molecule has 0 heterocycles. The summed E-state index contributed by atoms with van der Waals surface area (Å²) >= 11 is 0. The van der Waals surface area contributed by atoms with Gasteiger partial charge in [0.25, 0.3) is 0 Å². The summed E-state index contributed by atoms with van der Waals surface area (Å²) in [6.07, 6.45) is 7.88. The maximum Gasteiger partial charge on any atom is 0.248 e. The predicted octanol–water partition coefficient (Wildman–Crippen LogP) is 3.88. The van der Waals surface area contributed by atoms with Crippen molar-refractivity contribution in [2.24, 2.45) is 0 Å². The van der Waals surface area contributed by atoms with Gasteiger partial charge >= 0.3 is 0 Å². The predicted molar refractivity (Wildman–Crippen MR) is 77.5 cm³/mol. The van der Waals surface area contributed by atoms with Crippen LogP contribution in [-0.4, -0.2) is 5.91 Å². The van der Waals surface area contributed by atoms with Crippen LogP contribution in [0.3, 0.4) is 0 Å². The van der Waals surface area contributed by atoms with Crippen molar-refractivity contribution in [3.8, 4) is 0 Å². The summed E-state index contributed by atoms with van der Waals surface area (Å²) in [5, 5.41) is 2.83. The molecule has 0 spiro atoms. The molecule has 0 aliphatic heterocycles. The van der Waals surface area contributed by atoms with E-state index in [-0.39, 0.29) is 5.91 Å². The van der Waals surface area contributed by atoms with Gasteiger partial charge in [0.1, 0.15) is 0 Å². The Morgan fingerprint density at radius 1 is 1.33 bits per heavy atom. The van der Waals surface area contributed by atoms with E-state index in [1.165, 1.54) is 5.56 Å². The van der Waals surface area contributed by atoms with Crippen LogP contribution in [0, 0.1) is 0 Å². The molecule has 0 aliphatic carbocycles. The van der Waals surface area contributed by atoms with E-state index in [2.05, 4.69) is 18.8 Å². The van der Waals surface area contributed by atoms with Gasteiger partial charge in [-0.15, -0.1) is 0 Å². The normalized spacial score (nSPS) is 11.6. The number of allylic oxidation sites excluding steroid dienone is 4. The van der Waals surface area contributed by atoms with Crippen LogP contribution in [0.1, 0.15) is 19.4 Å². The van der Waals surface area contributed by atoms with E-state index >= 15 is 0 Å². The first-order valence-corrected chi connectivity index (χ1v) is 6.03. The number of hydrogen-bond donors (Lipinski definition) is 1. The molecule has 0 saturated heterocycles. The van der Waals surface area contributed by atoms with Crippen molar-refractivity contribution in [1.29, 1.82) is 0 Å². The van der Waals surface area contributed by atoms with Crippen molar-refractivity contribution in [3.05, 3.63) is 66.3 Å². The van der Waals surface area contributed by atoms with E-state index < -0.39 is 0 Å². The third-order valence-corrected chi connectivity index (χ3v) is 2.48. The molecule has 94 valence electrons. The number of amides is 1. The minimum absolute atomic E-state index is 0.120. The van der Waals surface area contributed by atoms with Gasteiger partial charge in [-0.2, -0.15) is 0 Å².